The first-order valence-electron chi connectivity index (χ1n) is 7.79. The lowest BCUT2D eigenvalue weighted by Crippen LogP contribution is -2.13. The van der Waals surface area contributed by atoms with Crippen molar-refractivity contribution >= 4 is 29.2 Å². The van der Waals surface area contributed by atoms with Crippen molar-refractivity contribution < 1.29 is 19.2 Å². The number of hydrogen-bond acceptors (Lipinski definition) is 4. The molecule has 0 fully saturated rings. The van der Waals surface area contributed by atoms with E-state index in [1.54, 1.807) is 55.5 Å². The van der Waals surface area contributed by atoms with Crippen molar-refractivity contribution in [1.29, 1.82) is 0 Å². The summed E-state index contributed by atoms with van der Waals surface area (Å²) in [6, 6.07) is 13.7. The second kappa shape index (κ2) is 7.41. The van der Waals surface area contributed by atoms with E-state index in [-0.39, 0.29) is 12.3 Å². The fraction of sp³-hybridized carbons (Fsp3) is 0.105. The van der Waals surface area contributed by atoms with Crippen LogP contribution in [0.5, 0.6) is 0 Å². The normalized spacial score (nSPS) is 10.5. The van der Waals surface area contributed by atoms with Crippen LogP contribution in [0.4, 0.5) is 5.69 Å². The highest BCUT2D eigenvalue weighted by Gasteiger charge is 2.23. The lowest BCUT2D eigenvalue weighted by Gasteiger charge is -2.07. The summed E-state index contributed by atoms with van der Waals surface area (Å²) in [5.74, 6) is -0.921. The monoisotopic (exact) mass is 370 g/mol. The highest BCUT2D eigenvalue weighted by atomic mass is 35.5. The molecule has 132 valence electrons. The van der Waals surface area contributed by atoms with Gasteiger partial charge in [0.1, 0.15) is 17.0 Å². The van der Waals surface area contributed by atoms with Crippen molar-refractivity contribution in [3.05, 3.63) is 70.4 Å². The number of carboxylic acids is 1. The van der Waals surface area contributed by atoms with Gasteiger partial charge in [-0.15, -0.1) is 0 Å². The van der Waals surface area contributed by atoms with E-state index < -0.39 is 5.97 Å². The number of halogens is 1. The summed E-state index contributed by atoms with van der Waals surface area (Å²) in [5.41, 5.74) is 2.46. The zero-order valence-corrected chi connectivity index (χ0v) is 14.6. The Labute approximate surface area is 154 Å². The van der Waals surface area contributed by atoms with Crippen molar-refractivity contribution in [1.82, 2.24) is 5.16 Å². The van der Waals surface area contributed by atoms with Crippen LogP contribution in [0.1, 0.15) is 21.7 Å². The molecule has 0 aliphatic carbocycles. The molecule has 0 unspecified atom stereocenters. The van der Waals surface area contributed by atoms with Crippen molar-refractivity contribution in [3.8, 4) is 11.3 Å². The third-order valence-corrected chi connectivity index (χ3v) is 4.12. The van der Waals surface area contributed by atoms with Crippen LogP contribution in [-0.4, -0.2) is 22.1 Å². The number of aromatic nitrogens is 1. The van der Waals surface area contributed by atoms with E-state index in [4.69, 9.17) is 21.2 Å². The standard InChI is InChI=1S/C19H15ClN2O4/c1-11-17(18(22-26-11)14-4-2-3-5-15(14)20)19(25)21-13-8-6-12(7-9-13)10-16(23)24/h2-9H,10H2,1H3,(H,21,25)(H,23,24). The number of benzene rings is 2. The summed E-state index contributed by atoms with van der Waals surface area (Å²) in [7, 11) is 0. The minimum atomic E-state index is -0.911. The van der Waals surface area contributed by atoms with Crippen molar-refractivity contribution in [3.63, 3.8) is 0 Å². The summed E-state index contributed by atoms with van der Waals surface area (Å²) in [6.45, 7) is 1.65. The molecule has 2 N–H and O–H groups in total. The largest absolute Gasteiger partial charge is 0.481 e. The predicted molar refractivity (Wildman–Crippen MR) is 97.4 cm³/mol. The average Bonchev–Trinajstić information content (AvgIpc) is 2.98. The van der Waals surface area contributed by atoms with Crippen molar-refractivity contribution in [2.45, 2.75) is 13.3 Å². The van der Waals surface area contributed by atoms with Crippen LogP contribution in [0, 0.1) is 6.92 Å². The molecule has 0 bridgehead atoms. The first-order valence-corrected chi connectivity index (χ1v) is 8.16. The third kappa shape index (κ3) is 3.75. The minimum absolute atomic E-state index is 0.0738. The van der Waals surface area contributed by atoms with Crippen LogP contribution < -0.4 is 5.32 Å². The zero-order valence-electron chi connectivity index (χ0n) is 13.8. The van der Waals surface area contributed by atoms with E-state index in [0.717, 1.165) is 0 Å². The Bertz CT molecular complexity index is 964. The SMILES string of the molecule is Cc1onc(-c2ccccc2Cl)c1C(=O)Nc1ccc(CC(=O)O)cc1. The lowest BCUT2D eigenvalue weighted by molar-refractivity contribution is -0.136. The molecule has 3 aromatic rings. The summed E-state index contributed by atoms with van der Waals surface area (Å²) < 4.78 is 5.19. The Morgan fingerprint density at radius 3 is 2.50 bits per heavy atom. The van der Waals surface area contributed by atoms with Gasteiger partial charge in [0.25, 0.3) is 5.91 Å². The zero-order chi connectivity index (χ0) is 18.7. The molecule has 1 aromatic heterocycles. The maximum Gasteiger partial charge on any atom is 0.307 e. The van der Waals surface area contributed by atoms with Crippen LogP contribution in [0.25, 0.3) is 11.3 Å². The van der Waals surface area contributed by atoms with E-state index in [0.29, 0.717) is 38.9 Å². The fourth-order valence-corrected chi connectivity index (χ4v) is 2.78. The van der Waals surface area contributed by atoms with E-state index in [2.05, 4.69) is 10.5 Å². The number of rotatable bonds is 5. The Kier molecular flexibility index (Phi) is 5.04. The van der Waals surface area contributed by atoms with E-state index in [1.807, 2.05) is 0 Å². The summed E-state index contributed by atoms with van der Waals surface area (Å²) in [6.07, 6.45) is -0.0738. The number of hydrogen-bond donors (Lipinski definition) is 2. The van der Waals surface area contributed by atoms with Gasteiger partial charge in [0.2, 0.25) is 0 Å². The van der Waals surface area contributed by atoms with Crippen LogP contribution in [0.2, 0.25) is 5.02 Å². The predicted octanol–water partition coefficient (Wildman–Crippen LogP) is 4.18. The van der Waals surface area contributed by atoms with Gasteiger partial charge >= 0.3 is 5.97 Å². The van der Waals surface area contributed by atoms with Gasteiger partial charge in [-0.25, -0.2) is 0 Å². The van der Waals surface area contributed by atoms with Crippen molar-refractivity contribution in [2.75, 3.05) is 5.32 Å². The number of nitrogens with zero attached hydrogens (tertiary/aromatic N) is 1. The van der Waals surface area contributed by atoms with Crippen LogP contribution in [0.3, 0.4) is 0 Å². The molecule has 0 aliphatic heterocycles. The number of anilines is 1. The number of amides is 1. The summed E-state index contributed by atoms with van der Waals surface area (Å²) in [4.78, 5) is 23.4. The maximum atomic E-state index is 12.7. The quantitative estimate of drug-likeness (QED) is 0.702. The second-order valence-electron chi connectivity index (χ2n) is 5.66. The maximum absolute atomic E-state index is 12.7. The number of carboxylic acid groups (broad SMARTS) is 1. The van der Waals surface area contributed by atoms with Crippen LogP contribution in [0.15, 0.2) is 53.1 Å². The molecule has 26 heavy (non-hydrogen) atoms. The van der Waals surface area contributed by atoms with Gasteiger partial charge in [-0.1, -0.05) is 47.1 Å². The first-order chi connectivity index (χ1) is 12.5. The molecule has 3 rings (SSSR count). The van der Waals surface area contributed by atoms with Crippen LogP contribution >= 0.6 is 11.6 Å². The Balaban J connectivity index is 1.86. The first kappa shape index (κ1) is 17.7. The van der Waals surface area contributed by atoms with Gasteiger partial charge in [-0.2, -0.15) is 0 Å². The van der Waals surface area contributed by atoms with Gasteiger partial charge in [0.15, 0.2) is 0 Å². The number of nitrogens with one attached hydrogen (secondary N) is 1. The molecule has 0 saturated carbocycles. The number of aryl methyl sites for hydroxylation is 1. The average molecular weight is 371 g/mol. The molecular weight excluding hydrogens is 356 g/mol. The highest BCUT2D eigenvalue weighted by molar-refractivity contribution is 6.33. The molecule has 1 amide bonds. The molecule has 0 saturated heterocycles. The molecule has 0 aliphatic rings. The molecule has 6 nitrogen and oxygen atoms in total. The van der Waals surface area contributed by atoms with E-state index in [9.17, 15) is 9.59 Å². The van der Waals surface area contributed by atoms with Gasteiger partial charge in [0, 0.05) is 11.3 Å². The van der Waals surface area contributed by atoms with E-state index >= 15 is 0 Å². The second-order valence-corrected chi connectivity index (χ2v) is 6.07. The Morgan fingerprint density at radius 2 is 1.85 bits per heavy atom. The van der Waals surface area contributed by atoms with Crippen LogP contribution in [-0.2, 0) is 11.2 Å². The smallest absolute Gasteiger partial charge is 0.307 e. The minimum Gasteiger partial charge on any atom is -0.481 e. The summed E-state index contributed by atoms with van der Waals surface area (Å²) >= 11 is 6.20. The molecule has 7 heteroatoms. The molecule has 0 atom stereocenters. The fourth-order valence-electron chi connectivity index (χ4n) is 2.55. The lowest BCUT2D eigenvalue weighted by atomic mass is 10.1. The van der Waals surface area contributed by atoms with E-state index in [1.165, 1.54) is 0 Å². The number of aliphatic carboxylic acids is 1. The van der Waals surface area contributed by atoms with Gasteiger partial charge in [-0.05, 0) is 30.7 Å². The Hall–Kier alpha value is -3.12. The Morgan fingerprint density at radius 1 is 1.15 bits per heavy atom. The molecular formula is C19H15ClN2O4. The number of carbonyl (C=O) groups excluding carboxylic acids is 1. The molecule has 0 radical (unpaired) electrons. The molecule has 1 heterocycles. The number of carbonyl (C=O) groups is 2. The highest BCUT2D eigenvalue weighted by Crippen LogP contribution is 2.31. The van der Waals surface area contributed by atoms with Gasteiger partial charge in [-0.3, -0.25) is 9.59 Å². The van der Waals surface area contributed by atoms with Gasteiger partial charge < -0.3 is 14.9 Å². The molecule has 0 spiro atoms. The third-order valence-electron chi connectivity index (χ3n) is 3.79. The van der Waals surface area contributed by atoms with Gasteiger partial charge in [0.05, 0.1) is 11.4 Å². The molecule has 2 aromatic carbocycles. The van der Waals surface area contributed by atoms with Crippen molar-refractivity contribution in [2.24, 2.45) is 0 Å². The summed E-state index contributed by atoms with van der Waals surface area (Å²) in [5, 5.41) is 16.0. The topological polar surface area (TPSA) is 92.4 Å².